The minimum atomic E-state index is -1.21. The lowest BCUT2D eigenvalue weighted by Crippen LogP contribution is -2.59. The Balaban J connectivity index is 2.15. The van der Waals surface area contributed by atoms with Gasteiger partial charge in [0.15, 0.2) is 0 Å². The van der Waals surface area contributed by atoms with Gasteiger partial charge in [0.25, 0.3) is 0 Å². The zero-order chi connectivity index (χ0) is 15.1. The number of amides is 3. The van der Waals surface area contributed by atoms with Gasteiger partial charge in [-0.2, -0.15) is 0 Å². The quantitative estimate of drug-likeness (QED) is 0.686. The normalized spacial score (nSPS) is 26.4. The highest BCUT2D eigenvalue weighted by molar-refractivity contribution is 8.00. The molecular weight excluding hydrogens is 282 g/mol. The number of carboxylic acid groups (broad SMARTS) is 1. The second kappa shape index (κ2) is 5.16. The number of rotatable bonds is 4. The third-order valence-electron chi connectivity index (χ3n) is 3.62. The standard InChI is InChI=1S/C12H19N3O4S/c1-12(2,10(13)18)14-11(19)15-7(9(16)17)5-20-8(15)6-3-4-6/h6-8H,3-5H2,1-2H3,(H2,13,18)(H,14,19)(H,16,17). The van der Waals surface area contributed by atoms with Crippen LogP contribution in [0.15, 0.2) is 0 Å². The van der Waals surface area contributed by atoms with Crippen LogP contribution in [0.2, 0.25) is 0 Å². The first-order valence-corrected chi connectivity index (χ1v) is 7.53. The fourth-order valence-corrected chi connectivity index (χ4v) is 3.74. The van der Waals surface area contributed by atoms with E-state index in [1.165, 1.54) is 30.5 Å². The molecular formula is C12H19N3O4S. The number of carbonyl (C=O) groups excluding carboxylic acids is 2. The Hall–Kier alpha value is -1.44. The van der Waals surface area contributed by atoms with Crippen molar-refractivity contribution in [2.45, 2.75) is 43.6 Å². The average Bonchev–Trinajstić information content (AvgIpc) is 3.06. The molecule has 1 saturated carbocycles. The zero-order valence-corrected chi connectivity index (χ0v) is 12.3. The summed E-state index contributed by atoms with van der Waals surface area (Å²) in [5, 5.41) is 11.6. The molecule has 3 amide bonds. The van der Waals surface area contributed by atoms with E-state index in [-0.39, 0.29) is 5.37 Å². The van der Waals surface area contributed by atoms with Crippen LogP contribution < -0.4 is 11.1 Å². The van der Waals surface area contributed by atoms with E-state index in [1.807, 2.05) is 0 Å². The van der Waals surface area contributed by atoms with Gasteiger partial charge in [0.05, 0.1) is 5.37 Å². The topological polar surface area (TPSA) is 113 Å². The van der Waals surface area contributed by atoms with Gasteiger partial charge in [-0.1, -0.05) is 0 Å². The van der Waals surface area contributed by atoms with Gasteiger partial charge in [-0.3, -0.25) is 9.69 Å². The highest BCUT2D eigenvalue weighted by Gasteiger charge is 2.49. The molecule has 0 aromatic heterocycles. The largest absolute Gasteiger partial charge is 0.480 e. The Morgan fingerprint density at radius 1 is 1.35 bits per heavy atom. The summed E-state index contributed by atoms with van der Waals surface area (Å²) in [5.74, 6) is -0.951. The molecule has 2 aliphatic rings. The van der Waals surface area contributed by atoms with Gasteiger partial charge in [0.1, 0.15) is 11.6 Å². The van der Waals surface area contributed by atoms with Gasteiger partial charge >= 0.3 is 12.0 Å². The predicted molar refractivity (Wildman–Crippen MR) is 74.0 cm³/mol. The third kappa shape index (κ3) is 2.84. The summed E-state index contributed by atoms with van der Waals surface area (Å²) in [6, 6.07) is -1.39. The average molecular weight is 301 g/mol. The van der Waals surface area contributed by atoms with Gasteiger partial charge in [-0.05, 0) is 32.6 Å². The van der Waals surface area contributed by atoms with Gasteiger partial charge in [0, 0.05) is 5.75 Å². The Morgan fingerprint density at radius 2 is 1.95 bits per heavy atom. The number of carbonyl (C=O) groups is 3. The molecule has 8 heteroatoms. The molecule has 20 heavy (non-hydrogen) atoms. The summed E-state index contributed by atoms with van der Waals surface area (Å²) < 4.78 is 0. The molecule has 1 saturated heterocycles. The predicted octanol–water partition coefficient (Wildman–Crippen LogP) is 0.198. The van der Waals surface area contributed by atoms with Crippen molar-refractivity contribution in [3.05, 3.63) is 0 Å². The summed E-state index contributed by atoms with van der Waals surface area (Å²) in [7, 11) is 0. The molecule has 4 N–H and O–H groups in total. The molecule has 2 atom stereocenters. The van der Waals surface area contributed by atoms with E-state index < -0.39 is 29.5 Å². The zero-order valence-electron chi connectivity index (χ0n) is 11.5. The van der Waals surface area contributed by atoms with Crippen LogP contribution in [0.3, 0.4) is 0 Å². The number of primary amides is 1. The van der Waals surface area contributed by atoms with E-state index in [4.69, 9.17) is 5.73 Å². The number of carboxylic acids is 1. The number of hydrogen-bond donors (Lipinski definition) is 3. The van der Waals surface area contributed by atoms with E-state index >= 15 is 0 Å². The second-order valence-electron chi connectivity index (χ2n) is 5.74. The first-order valence-electron chi connectivity index (χ1n) is 6.49. The van der Waals surface area contributed by atoms with Crippen molar-refractivity contribution in [2.75, 3.05) is 5.75 Å². The number of nitrogens with zero attached hydrogens (tertiary/aromatic N) is 1. The Labute approximate surface area is 121 Å². The number of thioether (sulfide) groups is 1. The van der Waals surface area contributed by atoms with Crippen LogP contribution in [0, 0.1) is 5.92 Å². The summed E-state index contributed by atoms with van der Waals surface area (Å²) in [4.78, 5) is 36.3. The lowest BCUT2D eigenvalue weighted by molar-refractivity contribution is -0.141. The van der Waals surface area contributed by atoms with E-state index in [2.05, 4.69) is 5.32 Å². The van der Waals surface area contributed by atoms with Crippen molar-refractivity contribution in [2.24, 2.45) is 11.7 Å². The molecule has 7 nitrogen and oxygen atoms in total. The van der Waals surface area contributed by atoms with Gasteiger partial charge in [0.2, 0.25) is 5.91 Å². The summed E-state index contributed by atoms with van der Waals surface area (Å²) >= 11 is 1.49. The van der Waals surface area contributed by atoms with Crippen LogP contribution in [-0.4, -0.2) is 50.6 Å². The minimum Gasteiger partial charge on any atom is -0.480 e. The van der Waals surface area contributed by atoms with Crippen LogP contribution in [0.25, 0.3) is 0 Å². The van der Waals surface area contributed by atoms with E-state index in [1.54, 1.807) is 0 Å². The van der Waals surface area contributed by atoms with Crippen LogP contribution in [0.1, 0.15) is 26.7 Å². The Kier molecular flexibility index (Phi) is 3.86. The minimum absolute atomic E-state index is 0.125. The fraction of sp³-hybridized carbons (Fsp3) is 0.750. The SMILES string of the molecule is CC(C)(NC(=O)N1C(C(=O)O)CSC1C1CC1)C(N)=O. The lowest BCUT2D eigenvalue weighted by Gasteiger charge is -2.31. The lowest BCUT2D eigenvalue weighted by atomic mass is 10.1. The van der Waals surface area contributed by atoms with Gasteiger partial charge in [-0.15, -0.1) is 11.8 Å². The smallest absolute Gasteiger partial charge is 0.327 e. The second-order valence-corrected chi connectivity index (χ2v) is 6.89. The number of nitrogens with two attached hydrogens (primary N) is 1. The monoisotopic (exact) mass is 301 g/mol. The molecule has 1 heterocycles. The molecule has 0 spiro atoms. The molecule has 0 aromatic rings. The van der Waals surface area contributed by atoms with Crippen molar-refractivity contribution in [1.29, 1.82) is 0 Å². The molecule has 1 aliphatic carbocycles. The first-order chi connectivity index (χ1) is 9.24. The highest BCUT2D eigenvalue weighted by Crippen LogP contribution is 2.45. The summed E-state index contributed by atoms with van der Waals surface area (Å²) in [5.41, 5.74) is 4.02. The van der Waals surface area contributed by atoms with Crippen molar-refractivity contribution < 1.29 is 19.5 Å². The molecule has 0 radical (unpaired) electrons. The number of hydrogen-bond acceptors (Lipinski definition) is 4. The Morgan fingerprint density at radius 3 is 2.40 bits per heavy atom. The van der Waals surface area contributed by atoms with Crippen LogP contribution in [0.5, 0.6) is 0 Å². The Bertz CT molecular complexity index is 450. The fourth-order valence-electron chi connectivity index (χ4n) is 2.11. The molecule has 2 rings (SSSR count). The van der Waals surface area contributed by atoms with E-state index in [0.29, 0.717) is 11.7 Å². The first kappa shape index (κ1) is 15.0. The van der Waals surface area contributed by atoms with Gasteiger partial charge in [-0.25, -0.2) is 9.59 Å². The summed E-state index contributed by atoms with van der Waals surface area (Å²) in [6.07, 6.45) is 2.01. The maximum Gasteiger partial charge on any atom is 0.327 e. The maximum absolute atomic E-state index is 12.4. The number of nitrogens with one attached hydrogen (secondary N) is 1. The molecule has 2 fully saturated rings. The molecule has 0 aromatic carbocycles. The summed E-state index contributed by atoms with van der Waals surface area (Å²) in [6.45, 7) is 3.00. The van der Waals surface area contributed by atoms with Crippen LogP contribution in [-0.2, 0) is 9.59 Å². The van der Waals surface area contributed by atoms with Crippen molar-refractivity contribution >= 4 is 29.7 Å². The van der Waals surface area contributed by atoms with Crippen LogP contribution in [0.4, 0.5) is 4.79 Å². The maximum atomic E-state index is 12.4. The van der Waals surface area contributed by atoms with Crippen LogP contribution >= 0.6 is 11.8 Å². The van der Waals surface area contributed by atoms with Crippen molar-refractivity contribution in [3.8, 4) is 0 Å². The van der Waals surface area contributed by atoms with E-state index in [0.717, 1.165) is 12.8 Å². The number of urea groups is 1. The highest BCUT2D eigenvalue weighted by atomic mass is 32.2. The van der Waals surface area contributed by atoms with Crippen molar-refractivity contribution in [1.82, 2.24) is 10.2 Å². The van der Waals surface area contributed by atoms with Gasteiger partial charge < -0.3 is 16.2 Å². The third-order valence-corrected chi connectivity index (χ3v) is 5.08. The number of aliphatic carboxylic acids is 1. The molecule has 112 valence electrons. The molecule has 0 bridgehead atoms. The molecule has 1 aliphatic heterocycles. The van der Waals surface area contributed by atoms with E-state index in [9.17, 15) is 19.5 Å². The van der Waals surface area contributed by atoms with Crippen molar-refractivity contribution in [3.63, 3.8) is 0 Å². The molecule has 2 unspecified atom stereocenters.